The van der Waals surface area contributed by atoms with Crippen molar-refractivity contribution in [3.8, 4) is 0 Å². The van der Waals surface area contributed by atoms with Crippen molar-refractivity contribution in [2.75, 3.05) is 5.32 Å². The number of aryl methyl sites for hydroxylation is 1. The van der Waals surface area contributed by atoms with Crippen LogP contribution in [-0.4, -0.2) is 4.98 Å². The average molecular weight is 260 g/mol. The molecule has 3 rings (SSSR count). The van der Waals surface area contributed by atoms with Gasteiger partial charge in [0.05, 0.1) is 16.8 Å². The van der Waals surface area contributed by atoms with Crippen molar-refractivity contribution in [2.24, 2.45) is 0 Å². The molecular formula is C13H12N2S2. The van der Waals surface area contributed by atoms with Crippen molar-refractivity contribution in [1.82, 2.24) is 4.98 Å². The van der Waals surface area contributed by atoms with Gasteiger partial charge in [-0.25, -0.2) is 4.98 Å². The van der Waals surface area contributed by atoms with E-state index in [-0.39, 0.29) is 0 Å². The van der Waals surface area contributed by atoms with Crippen LogP contribution in [0.2, 0.25) is 0 Å². The summed E-state index contributed by atoms with van der Waals surface area (Å²) in [5.74, 6) is 0. The molecule has 4 heteroatoms. The van der Waals surface area contributed by atoms with E-state index in [1.165, 1.54) is 15.1 Å². The van der Waals surface area contributed by atoms with Crippen molar-refractivity contribution in [3.63, 3.8) is 0 Å². The van der Waals surface area contributed by atoms with Gasteiger partial charge >= 0.3 is 0 Å². The van der Waals surface area contributed by atoms with Gasteiger partial charge in [0.15, 0.2) is 5.13 Å². The Kier molecular flexibility index (Phi) is 2.82. The lowest BCUT2D eigenvalue weighted by atomic mass is 10.2. The van der Waals surface area contributed by atoms with Crippen LogP contribution in [0.4, 0.5) is 5.13 Å². The zero-order valence-corrected chi connectivity index (χ0v) is 11.1. The number of fused-ring (bicyclic) bond motifs is 1. The van der Waals surface area contributed by atoms with E-state index in [4.69, 9.17) is 0 Å². The molecule has 0 saturated carbocycles. The normalized spacial score (nSPS) is 10.9. The SMILES string of the molecule is Cc1ccc2nc(NCc3cccs3)sc2c1. The molecule has 0 aliphatic carbocycles. The Labute approximate surface area is 108 Å². The Hall–Kier alpha value is -1.39. The van der Waals surface area contributed by atoms with Gasteiger partial charge in [0, 0.05) is 4.88 Å². The van der Waals surface area contributed by atoms with Crippen LogP contribution in [0.15, 0.2) is 35.7 Å². The molecule has 3 aromatic rings. The van der Waals surface area contributed by atoms with Gasteiger partial charge in [0.2, 0.25) is 0 Å². The summed E-state index contributed by atoms with van der Waals surface area (Å²) in [5, 5.41) is 6.47. The largest absolute Gasteiger partial charge is 0.357 e. The smallest absolute Gasteiger partial charge is 0.184 e. The first-order chi connectivity index (χ1) is 8.31. The number of thiazole rings is 1. The number of aromatic nitrogens is 1. The molecule has 17 heavy (non-hydrogen) atoms. The van der Waals surface area contributed by atoms with Crippen LogP contribution in [-0.2, 0) is 6.54 Å². The van der Waals surface area contributed by atoms with Gasteiger partial charge in [0.25, 0.3) is 0 Å². The fourth-order valence-corrected chi connectivity index (χ4v) is 3.29. The maximum absolute atomic E-state index is 4.57. The summed E-state index contributed by atoms with van der Waals surface area (Å²) in [5.41, 5.74) is 2.36. The van der Waals surface area contributed by atoms with Gasteiger partial charge in [0.1, 0.15) is 0 Å². The molecular weight excluding hydrogens is 248 g/mol. The van der Waals surface area contributed by atoms with Crippen molar-refractivity contribution in [2.45, 2.75) is 13.5 Å². The Bertz CT molecular complexity index is 626. The quantitative estimate of drug-likeness (QED) is 0.760. The van der Waals surface area contributed by atoms with E-state index in [1.807, 2.05) is 0 Å². The minimum atomic E-state index is 0.858. The maximum Gasteiger partial charge on any atom is 0.184 e. The van der Waals surface area contributed by atoms with Gasteiger partial charge in [-0.3, -0.25) is 0 Å². The fourth-order valence-electron chi connectivity index (χ4n) is 1.68. The van der Waals surface area contributed by atoms with Crippen molar-refractivity contribution >= 4 is 38.0 Å². The Morgan fingerprint density at radius 3 is 3.06 bits per heavy atom. The summed E-state index contributed by atoms with van der Waals surface area (Å²) in [6.45, 7) is 2.97. The van der Waals surface area contributed by atoms with Crippen LogP contribution in [0, 0.1) is 6.92 Å². The summed E-state index contributed by atoms with van der Waals surface area (Å²) in [6, 6.07) is 10.6. The van der Waals surface area contributed by atoms with E-state index in [0.717, 1.165) is 17.2 Å². The number of hydrogen-bond donors (Lipinski definition) is 1. The number of nitrogens with one attached hydrogen (secondary N) is 1. The predicted molar refractivity (Wildman–Crippen MR) is 76.0 cm³/mol. The highest BCUT2D eigenvalue weighted by Crippen LogP contribution is 2.27. The van der Waals surface area contributed by atoms with Gasteiger partial charge in [-0.2, -0.15) is 0 Å². The van der Waals surface area contributed by atoms with Crippen molar-refractivity contribution in [3.05, 3.63) is 46.2 Å². The number of benzene rings is 1. The number of hydrogen-bond acceptors (Lipinski definition) is 4. The van der Waals surface area contributed by atoms with Crippen molar-refractivity contribution < 1.29 is 0 Å². The average Bonchev–Trinajstić information content (AvgIpc) is 2.94. The Morgan fingerprint density at radius 2 is 2.24 bits per heavy atom. The van der Waals surface area contributed by atoms with Gasteiger partial charge in [-0.05, 0) is 36.1 Å². The van der Waals surface area contributed by atoms with Gasteiger partial charge in [-0.1, -0.05) is 23.5 Å². The van der Waals surface area contributed by atoms with Crippen LogP contribution in [0.3, 0.4) is 0 Å². The molecule has 1 aromatic carbocycles. The molecule has 0 fully saturated rings. The monoisotopic (exact) mass is 260 g/mol. The third kappa shape index (κ3) is 2.33. The minimum absolute atomic E-state index is 0.858. The lowest BCUT2D eigenvalue weighted by Crippen LogP contribution is -1.95. The van der Waals surface area contributed by atoms with Crippen LogP contribution in [0.1, 0.15) is 10.4 Å². The number of anilines is 1. The molecule has 0 unspecified atom stereocenters. The first kappa shape index (κ1) is 10.7. The van der Waals surface area contributed by atoms with Crippen LogP contribution in [0.5, 0.6) is 0 Å². The number of thiophene rings is 1. The molecule has 0 aliphatic rings. The molecule has 0 aliphatic heterocycles. The molecule has 2 heterocycles. The molecule has 1 N–H and O–H groups in total. The molecule has 0 atom stereocenters. The molecule has 0 radical (unpaired) electrons. The summed E-state index contributed by atoms with van der Waals surface area (Å²) in [6.07, 6.45) is 0. The van der Waals surface area contributed by atoms with E-state index in [1.54, 1.807) is 22.7 Å². The molecule has 0 bridgehead atoms. The Balaban J connectivity index is 1.81. The second-order valence-corrected chi connectivity index (χ2v) is 5.99. The van der Waals surface area contributed by atoms with Gasteiger partial charge < -0.3 is 5.32 Å². The highest BCUT2D eigenvalue weighted by atomic mass is 32.1. The molecule has 86 valence electrons. The zero-order valence-electron chi connectivity index (χ0n) is 9.43. The maximum atomic E-state index is 4.57. The lowest BCUT2D eigenvalue weighted by Gasteiger charge is -1.97. The summed E-state index contributed by atoms with van der Waals surface area (Å²) in [4.78, 5) is 5.90. The zero-order chi connectivity index (χ0) is 11.7. The molecule has 0 saturated heterocycles. The van der Waals surface area contributed by atoms with Crippen LogP contribution < -0.4 is 5.32 Å². The van der Waals surface area contributed by atoms with E-state index in [0.29, 0.717) is 0 Å². The Morgan fingerprint density at radius 1 is 1.29 bits per heavy atom. The summed E-state index contributed by atoms with van der Waals surface area (Å²) in [7, 11) is 0. The molecule has 0 amide bonds. The third-order valence-corrected chi connectivity index (χ3v) is 4.39. The van der Waals surface area contributed by atoms with Crippen LogP contribution in [0.25, 0.3) is 10.2 Å². The summed E-state index contributed by atoms with van der Waals surface area (Å²) < 4.78 is 1.25. The highest BCUT2D eigenvalue weighted by Gasteiger charge is 2.03. The first-order valence-electron chi connectivity index (χ1n) is 5.45. The third-order valence-electron chi connectivity index (χ3n) is 2.54. The standard InChI is InChI=1S/C13H12N2S2/c1-9-4-5-11-12(7-9)17-13(15-11)14-8-10-3-2-6-16-10/h2-7H,8H2,1H3,(H,14,15). The molecule has 2 nitrogen and oxygen atoms in total. The fraction of sp³-hybridized carbons (Fsp3) is 0.154. The highest BCUT2D eigenvalue weighted by molar-refractivity contribution is 7.22. The molecule has 0 spiro atoms. The van der Waals surface area contributed by atoms with E-state index in [9.17, 15) is 0 Å². The number of nitrogens with zero attached hydrogens (tertiary/aromatic N) is 1. The van der Waals surface area contributed by atoms with Crippen molar-refractivity contribution in [1.29, 1.82) is 0 Å². The first-order valence-corrected chi connectivity index (χ1v) is 7.14. The predicted octanol–water partition coefficient (Wildman–Crippen LogP) is 4.28. The second kappa shape index (κ2) is 4.47. The van der Waals surface area contributed by atoms with E-state index in [2.05, 4.69) is 52.9 Å². The lowest BCUT2D eigenvalue weighted by molar-refractivity contribution is 1.18. The van der Waals surface area contributed by atoms with E-state index >= 15 is 0 Å². The van der Waals surface area contributed by atoms with E-state index < -0.39 is 0 Å². The molecule has 2 aromatic heterocycles. The number of rotatable bonds is 3. The van der Waals surface area contributed by atoms with Crippen LogP contribution >= 0.6 is 22.7 Å². The van der Waals surface area contributed by atoms with Gasteiger partial charge in [-0.15, -0.1) is 11.3 Å². The topological polar surface area (TPSA) is 24.9 Å². The minimum Gasteiger partial charge on any atom is -0.357 e. The second-order valence-electron chi connectivity index (χ2n) is 3.92. The summed E-state index contributed by atoms with van der Waals surface area (Å²) >= 11 is 3.48.